The Hall–Kier alpha value is -3.06. The van der Waals surface area contributed by atoms with Gasteiger partial charge in [0.1, 0.15) is 17.2 Å². The lowest BCUT2D eigenvalue weighted by atomic mass is 10.1. The summed E-state index contributed by atoms with van der Waals surface area (Å²) in [5.41, 5.74) is 2.69. The van der Waals surface area contributed by atoms with E-state index < -0.39 is 0 Å². The Morgan fingerprint density at radius 3 is 2.78 bits per heavy atom. The molecule has 0 saturated heterocycles. The van der Waals surface area contributed by atoms with E-state index in [0.29, 0.717) is 17.0 Å². The van der Waals surface area contributed by atoms with Crippen LogP contribution in [0.25, 0.3) is 11.0 Å². The minimum absolute atomic E-state index is 0.269. The molecule has 0 aliphatic rings. The minimum Gasteiger partial charge on any atom is -0.460 e. The van der Waals surface area contributed by atoms with Crippen molar-refractivity contribution >= 4 is 29.4 Å². The van der Waals surface area contributed by atoms with Gasteiger partial charge in [0.05, 0.1) is 6.21 Å². The lowest BCUT2D eigenvalue weighted by molar-refractivity contribution is 0.556. The van der Waals surface area contributed by atoms with Gasteiger partial charge >= 0.3 is 0 Å². The van der Waals surface area contributed by atoms with Crippen LogP contribution in [0.1, 0.15) is 29.6 Å². The normalized spacial score (nSPS) is 11.6. The number of H-pyrrole nitrogens is 1. The van der Waals surface area contributed by atoms with E-state index in [9.17, 15) is 4.39 Å². The fourth-order valence-corrected chi connectivity index (χ4v) is 3.18. The van der Waals surface area contributed by atoms with Gasteiger partial charge in [-0.15, -0.1) is 0 Å². The van der Waals surface area contributed by atoms with Gasteiger partial charge in [0, 0.05) is 23.8 Å². The second kappa shape index (κ2) is 7.28. The highest BCUT2D eigenvalue weighted by Crippen LogP contribution is 2.25. The molecule has 0 unspecified atom stereocenters. The maximum Gasteiger partial charge on any atom is 0.216 e. The van der Waals surface area contributed by atoms with E-state index >= 15 is 0 Å². The van der Waals surface area contributed by atoms with Crippen LogP contribution in [0.15, 0.2) is 58.0 Å². The summed E-state index contributed by atoms with van der Waals surface area (Å²) in [5.74, 6) is 1.25. The molecule has 27 heavy (non-hydrogen) atoms. The zero-order valence-electron chi connectivity index (χ0n) is 14.6. The van der Waals surface area contributed by atoms with Crippen molar-refractivity contribution in [1.82, 2.24) is 14.9 Å². The standard InChI is InChI=1S/C20H17FN4OS/c1-2-17-16(15-5-3-4-6-18(15)26-17)12-22-25-19(23-24-20(25)27)11-13-7-9-14(21)10-8-13/h3-10,12H,2,11H2,1H3,(H,24,27)/b22-12-. The van der Waals surface area contributed by atoms with Gasteiger partial charge in [-0.1, -0.05) is 37.3 Å². The Balaban J connectivity index is 1.70. The van der Waals surface area contributed by atoms with Crippen LogP contribution in [-0.4, -0.2) is 21.1 Å². The summed E-state index contributed by atoms with van der Waals surface area (Å²) in [6.45, 7) is 2.04. The molecule has 136 valence electrons. The van der Waals surface area contributed by atoms with Crippen molar-refractivity contribution < 1.29 is 8.81 Å². The van der Waals surface area contributed by atoms with Crippen molar-refractivity contribution in [3.63, 3.8) is 0 Å². The number of aromatic amines is 1. The number of nitrogens with one attached hydrogen (secondary N) is 1. The molecular formula is C20H17FN4OS. The third-order valence-corrected chi connectivity index (χ3v) is 4.59. The number of nitrogens with zero attached hydrogens (tertiary/aromatic N) is 3. The number of fused-ring (bicyclic) bond motifs is 1. The first kappa shape index (κ1) is 17.4. The number of benzene rings is 2. The average molecular weight is 380 g/mol. The number of para-hydroxylation sites is 1. The highest BCUT2D eigenvalue weighted by Gasteiger charge is 2.12. The van der Waals surface area contributed by atoms with Crippen molar-refractivity contribution in [2.24, 2.45) is 5.10 Å². The molecule has 0 spiro atoms. The van der Waals surface area contributed by atoms with Crippen LogP contribution in [0.2, 0.25) is 0 Å². The molecule has 0 saturated carbocycles. The zero-order valence-corrected chi connectivity index (χ0v) is 15.5. The lowest BCUT2D eigenvalue weighted by Gasteiger charge is -2.02. The van der Waals surface area contributed by atoms with Gasteiger partial charge in [0.2, 0.25) is 4.77 Å². The molecule has 2 aromatic heterocycles. The van der Waals surface area contributed by atoms with E-state index in [1.807, 2.05) is 31.2 Å². The van der Waals surface area contributed by atoms with Crippen LogP contribution >= 0.6 is 12.2 Å². The highest BCUT2D eigenvalue weighted by molar-refractivity contribution is 7.71. The molecule has 0 radical (unpaired) electrons. The van der Waals surface area contributed by atoms with E-state index in [4.69, 9.17) is 16.6 Å². The molecule has 2 heterocycles. The van der Waals surface area contributed by atoms with E-state index in [-0.39, 0.29) is 5.82 Å². The van der Waals surface area contributed by atoms with Crippen molar-refractivity contribution in [2.45, 2.75) is 19.8 Å². The van der Waals surface area contributed by atoms with Crippen molar-refractivity contribution in [3.8, 4) is 0 Å². The number of furan rings is 1. The predicted molar refractivity (Wildman–Crippen MR) is 105 cm³/mol. The van der Waals surface area contributed by atoms with Gasteiger partial charge in [0.15, 0.2) is 5.82 Å². The number of rotatable bonds is 5. The van der Waals surface area contributed by atoms with Crippen LogP contribution in [0.3, 0.4) is 0 Å². The van der Waals surface area contributed by atoms with E-state index in [1.165, 1.54) is 12.1 Å². The van der Waals surface area contributed by atoms with Gasteiger partial charge in [0.25, 0.3) is 0 Å². The van der Waals surface area contributed by atoms with Crippen molar-refractivity contribution in [2.75, 3.05) is 0 Å². The Labute approximate surface area is 160 Å². The Bertz CT molecular complexity index is 1170. The van der Waals surface area contributed by atoms with Crippen molar-refractivity contribution in [3.05, 3.63) is 81.8 Å². The van der Waals surface area contributed by atoms with Crippen LogP contribution < -0.4 is 0 Å². The molecule has 0 fully saturated rings. The largest absolute Gasteiger partial charge is 0.460 e. The molecule has 4 rings (SSSR count). The predicted octanol–water partition coefficient (Wildman–Crippen LogP) is 4.86. The quantitative estimate of drug-likeness (QED) is 0.397. The summed E-state index contributed by atoms with van der Waals surface area (Å²) in [6, 6.07) is 14.2. The summed E-state index contributed by atoms with van der Waals surface area (Å²) in [7, 11) is 0. The van der Waals surface area contributed by atoms with Gasteiger partial charge in [-0.25, -0.2) is 4.39 Å². The molecular weight excluding hydrogens is 363 g/mol. The van der Waals surface area contributed by atoms with Crippen LogP contribution in [-0.2, 0) is 12.8 Å². The number of halogens is 1. The van der Waals surface area contributed by atoms with Crippen LogP contribution in [0.4, 0.5) is 4.39 Å². The molecule has 7 heteroatoms. The second-order valence-corrected chi connectivity index (χ2v) is 6.48. The fourth-order valence-electron chi connectivity index (χ4n) is 2.98. The zero-order chi connectivity index (χ0) is 18.8. The smallest absolute Gasteiger partial charge is 0.216 e. The monoisotopic (exact) mass is 380 g/mol. The number of hydrogen-bond acceptors (Lipinski definition) is 4. The third kappa shape index (κ3) is 3.46. The molecule has 4 aromatic rings. The van der Waals surface area contributed by atoms with Crippen molar-refractivity contribution in [1.29, 1.82) is 0 Å². The molecule has 0 amide bonds. The van der Waals surface area contributed by atoms with Crippen LogP contribution in [0.5, 0.6) is 0 Å². The molecule has 2 aromatic carbocycles. The van der Waals surface area contributed by atoms with Gasteiger partial charge in [-0.3, -0.25) is 5.10 Å². The fraction of sp³-hybridized carbons (Fsp3) is 0.150. The second-order valence-electron chi connectivity index (χ2n) is 6.09. The Morgan fingerprint density at radius 2 is 2.00 bits per heavy atom. The topological polar surface area (TPSA) is 59.1 Å². The Morgan fingerprint density at radius 1 is 1.22 bits per heavy atom. The Kier molecular flexibility index (Phi) is 4.68. The summed E-state index contributed by atoms with van der Waals surface area (Å²) in [5, 5.41) is 12.6. The molecule has 0 atom stereocenters. The van der Waals surface area contributed by atoms with E-state index in [2.05, 4.69) is 15.3 Å². The molecule has 0 aliphatic carbocycles. The molecule has 0 aliphatic heterocycles. The maximum absolute atomic E-state index is 13.1. The summed E-state index contributed by atoms with van der Waals surface area (Å²) in [6.07, 6.45) is 3.00. The maximum atomic E-state index is 13.1. The average Bonchev–Trinajstić information content (AvgIpc) is 3.22. The van der Waals surface area contributed by atoms with Crippen LogP contribution in [0, 0.1) is 10.6 Å². The molecule has 5 nitrogen and oxygen atoms in total. The summed E-state index contributed by atoms with van der Waals surface area (Å²) >= 11 is 5.31. The molecule has 1 N–H and O–H groups in total. The minimum atomic E-state index is -0.269. The van der Waals surface area contributed by atoms with Gasteiger partial charge < -0.3 is 4.42 Å². The lowest BCUT2D eigenvalue weighted by Crippen LogP contribution is -2.01. The first-order chi connectivity index (χ1) is 13.2. The molecule has 0 bridgehead atoms. The number of hydrogen-bond donors (Lipinski definition) is 1. The number of aryl methyl sites for hydroxylation is 1. The highest BCUT2D eigenvalue weighted by atomic mass is 32.1. The first-order valence-electron chi connectivity index (χ1n) is 8.61. The first-order valence-corrected chi connectivity index (χ1v) is 9.02. The third-order valence-electron chi connectivity index (χ3n) is 4.33. The SMILES string of the molecule is CCc1oc2ccccc2c1/C=N\n1c(Cc2ccc(F)cc2)n[nH]c1=S. The van der Waals surface area contributed by atoms with Gasteiger partial charge in [-0.05, 0) is 36.0 Å². The van der Waals surface area contributed by atoms with E-state index in [1.54, 1.807) is 23.0 Å². The summed E-state index contributed by atoms with van der Waals surface area (Å²) in [4.78, 5) is 0. The summed E-state index contributed by atoms with van der Waals surface area (Å²) < 4.78 is 21.0. The van der Waals surface area contributed by atoms with E-state index in [0.717, 1.165) is 34.3 Å². The number of aromatic nitrogens is 3. The van der Waals surface area contributed by atoms with Gasteiger partial charge in [-0.2, -0.15) is 14.9 Å².